The minimum absolute atomic E-state index is 0.156. The van der Waals surface area contributed by atoms with E-state index in [4.69, 9.17) is 0 Å². The Morgan fingerprint density at radius 1 is 1.23 bits per heavy atom. The van der Waals surface area contributed by atoms with E-state index in [0.29, 0.717) is 36.7 Å². The van der Waals surface area contributed by atoms with E-state index in [1.165, 1.54) is 0 Å². The Morgan fingerprint density at radius 3 is 2.77 bits per heavy atom. The van der Waals surface area contributed by atoms with Crippen molar-refractivity contribution in [2.24, 2.45) is 11.3 Å². The third-order valence-electron chi connectivity index (χ3n) is 3.81. The molecule has 2 fully saturated rings. The summed E-state index contributed by atoms with van der Waals surface area (Å²) in [5.74, 6) is 1.29. The topological polar surface area (TPSA) is 34.1 Å². The molecular formula is C11H16O2. The van der Waals surface area contributed by atoms with Crippen LogP contribution in [0.1, 0.15) is 45.4 Å². The number of hydrogen-bond donors (Lipinski definition) is 0. The van der Waals surface area contributed by atoms with Gasteiger partial charge in [0.05, 0.1) is 0 Å². The molecule has 2 saturated carbocycles. The highest BCUT2D eigenvalue weighted by molar-refractivity contribution is 5.83. The van der Waals surface area contributed by atoms with E-state index in [0.717, 1.165) is 19.3 Å². The van der Waals surface area contributed by atoms with Crippen LogP contribution in [-0.2, 0) is 9.59 Å². The Hall–Kier alpha value is -0.660. The van der Waals surface area contributed by atoms with Crippen LogP contribution >= 0.6 is 0 Å². The molecule has 0 aromatic carbocycles. The average Bonchev–Trinajstić information content (AvgIpc) is 2.06. The summed E-state index contributed by atoms with van der Waals surface area (Å²) in [7, 11) is 0. The zero-order valence-electron chi connectivity index (χ0n) is 8.14. The molecule has 0 aliphatic heterocycles. The minimum Gasteiger partial charge on any atom is -0.300 e. The largest absolute Gasteiger partial charge is 0.300 e. The fraction of sp³-hybridized carbons (Fsp3) is 0.818. The van der Waals surface area contributed by atoms with Gasteiger partial charge in [0.2, 0.25) is 0 Å². The Morgan fingerprint density at radius 2 is 2.00 bits per heavy atom. The van der Waals surface area contributed by atoms with Crippen LogP contribution in [0.3, 0.4) is 0 Å². The van der Waals surface area contributed by atoms with Gasteiger partial charge in [-0.05, 0) is 24.2 Å². The summed E-state index contributed by atoms with van der Waals surface area (Å²) < 4.78 is 0. The molecule has 0 aromatic heterocycles. The predicted molar refractivity (Wildman–Crippen MR) is 49.3 cm³/mol. The SMILES string of the molecule is CC12CCC(=O)CC1CCC(=O)C2. The van der Waals surface area contributed by atoms with E-state index in [-0.39, 0.29) is 5.41 Å². The van der Waals surface area contributed by atoms with E-state index in [1.54, 1.807) is 0 Å². The van der Waals surface area contributed by atoms with Crippen molar-refractivity contribution in [2.75, 3.05) is 0 Å². The highest BCUT2D eigenvalue weighted by Crippen LogP contribution is 2.47. The van der Waals surface area contributed by atoms with Crippen molar-refractivity contribution in [3.63, 3.8) is 0 Å². The number of hydrogen-bond acceptors (Lipinski definition) is 2. The first-order valence-corrected chi connectivity index (χ1v) is 5.13. The standard InChI is InChI=1S/C11H16O2/c1-11-5-4-9(12)6-8(11)2-3-10(13)7-11/h8H,2-7H2,1H3. The average molecular weight is 180 g/mol. The second-order valence-electron chi connectivity index (χ2n) is 4.85. The molecule has 13 heavy (non-hydrogen) atoms. The lowest BCUT2D eigenvalue weighted by Crippen LogP contribution is -2.39. The lowest BCUT2D eigenvalue weighted by Gasteiger charge is -2.43. The van der Waals surface area contributed by atoms with Crippen molar-refractivity contribution in [1.29, 1.82) is 0 Å². The molecule has 0 radical (unpaired) electrons. The molecule has 0 saturated heterocycles. The summed E-state index contributed by atoms with van der Waals surface area (Å²) in [4.78, 5) is 22.6. The molecule has 0 bridgehead atoms. The van der Waals surface area contributed by atoms with Gasteiger partial charge in [-0.25, -0.2) is 0 Å². The Kier molecular flexibility index (Phi) is 2.01. The number of rotatable bonds is 0. The number of Topliss-reactive ketones (excluding diaryl/α,β-unsaturated/α-hetero) is 2. The first-order chi connectivity index (χ1) is 6.10. The van der Waals surface area contributed by atoms with Gasteiger partial charge >= 0.3 is 0 Å². The zero-order valence-corrected chi connectivity index (χ0v) is 8.14. The minimum atomic E-state index is 0.156. The second kappa shape index (κ2) is 2.93. The van der Waals surface area contributed by atoms with Gasteiger partial charge in [0.1, 0.15) is 11.6 Å². The number of fused-ring (bicyclic) bond motifs is 1. The van der Waals surface area contributed by atoms with Crippen LogP contribution in [0.5, 0.6) is 0 Å². The third kappa shape index (κ3) is 1.54. The normalized spacial score (nSPS) is 40.2. The van der Waals surface area contributed by atoms with E-state index < -0.39 is 0 Å². The highest BCUT2D eigenvalue weighted by Gasteiger charge is 2.43. The van der Waals surface area contributed by atoms with Gasteiger partial charge in [-0.3, -0.25) is 9.59 Å². The summed E-state index contributed by atoms with van der Waals surface area (Å²) in [5.41, 5.74) is 0.156. The molecule has 2 nitrogen and oxygen atoms in total. The summed E-state index contributed by atoms with van der Waals surface area (Å²) in [6, 6.07) is 0. The first kappa shape index (κ1) is 8.92. The Labute approximate surface area is 78.7 Å². The van der Waals surface area contributed by atoms with Crippen LogP contribution in [0, 0.1) is 11.3 Å². The summed E-state index contributed by atoms with van der Waals surface area (Å²) >= 11 is 0. The molecular weight excluding hydrogens is 164 g/mol. The predicted octanol–water partition coefficient (Wildman–Crippen LogP) is 2.11. The van der Waals surface area contributed by atoms with E-state index in [2.05, 4.69) is 6.92 Å². The molecule has 2 heteroatoms. The van der Waals surface area contributed by atoms with E-state index in [9.17, 15) is 9.59 Å². The van der Waals surface area contributed by atoms with E-state index in [1.807, 2.05) is 0 Å². The lowest BCUT2D eigenvalue weighted by molar-refractivity contribution is -0.133. The zero-order chi connectivity index (χ0) is 9.47. The smallest absolute Gasteiger partial charge is 0.133 e. The summed E-state index contributed by atoms with van der Waals surface area (Å²) in [6.45, 7) is 2.18. The first-order valence-electron chi connectivity index (χ1n) is 5.13. The van der Waals surface area contributed by atoms with Crippen molar-refractivity contribution in [1.82, 2.24) is 0 Å². The molecule has 0 spiro atoms. The maximum absolute atomic E-state index is 11.3. The summed E-state index contributed by atoms with van der Waals surface area (Å²) in [5, 5.41) is 0. The monoisotopic (exact) mass is 180 g/mol. The Bertz CT molecular complexity index is 257. The van der Waals surface area contributed by atoms with Crippen molar-refractivity contribution in [3.05, 3.63) is 0 Å². The maximum Gasteiger partial charge on any atom is 0.133 e. The maximum atomic E-state index is 11.3. The summed E-state index contributed by atoms with van der Waals surface area (Å²) in [6.07, 6.45) is 4.71. The molecule has 0 N–H and O–H groups in total. The van der Waals surface area contributed by atoms with Crippen molar-refractivity contribution >= 4 is 11.6 Å². The van der Waals surface area contributed by atoms with Gasteiger partial charge in [0, 0.05) is 25.7 Å². The molecule has 72 valence electrons. The van der Waals surface area contributed by atoms with Crippen LogP contribution in [-0.4, -0.2) is 11.6 Å². The molecule has 0 amide bonds. The number of carbonyl (C=O) groups excluding carboxylic acids is 2. The molecule has 2 rings (SSSR count). The van der Waals surface area contributed by atoms with Gasteiger partial charge in [-0.15, -0.1) is 0 Å². The molecule has 0 heterocycles. The second-order valence-corrected chi connectivity index (χ2v) is 4.85. The van der Waals surface area contributed by atoms with Gasteiger partial charge in [-0.2, -0.15) is 0 Å². The van der Waals surface area contributed by atoms with Crippen LogP contribution < -0.4 is 0 Å². The lowest BCUT2D eigenvalue weighted by atomic mass is 9.60. The molecule has 2 atom stereocenters. The van der Waals surface area contributed by atoms with Crippen molar-refractivity contribution in [2.45, 2.75) is 45.4 Å². The fourth-order valence-corrected chi connectivity index (χ4v) is 2.81. The van der Waals surface area contributed by atoms with Crippen LogP contribution in [0.25, 0.3) is 0 Å². The van der Waals surface area contributed by atoms with Gasteiger partial charge in [0.25, 0.3) is 0 Å². The van der Waals surface area contributed by atoms with Crippen molar-refractivity contribution < 1.29 is 9.59 Å². The van der Waals surface area contributed by atoms with Gasteiger partial charge in [0.15, 0.2) is 0 Å². The van der Waals surface area contributed by atoms with Crippen LogP contribution in [0.4, 0.5) is 0 Å². The molecule has 0 aromatic rings. The Balaban J connectivity index is 2.15. The molecule has 2 aliphatic carbocycles. The highest BCUT2D eigenvalue weighted by atomic mass is 16.1. The third-order valence-corrected chi connectivity index (χ3v) is 3.81. The van der Waals surface area contributed by atoms with Gasteiger partial charge in [-0.1, -0.05) is 6.92 Å². The van der Waals surface area contributed by atoms with Crippen LogP contribution in [0.2, 0.25) is 0 Å². The quantitative estimate of drug-likeness (QED) is 0.572. The van der Waals surface area contributed by atoms with Gasteiger partial charge < -0.3 is 0 Å². The van der Waals surface area contributed by atoms with Crippen molar-refractivity contribution in [3.8, 4) is 0 Å². The fourth-order valence-electron chi connectivity index (χ4n) is 2.81. The molecule has 2 aliphatic rings. The van der Waals surface area contributed by atoms with E-state index >= 15 is 0 Å². The number of ketones is 2. The molecule has 2 unspecified atom stereocenters. The van der Waals surface area contributed by atoms with Crippen LogP contribution in [0.15, 0.2) is 0 Å². The number of carbonyl (C=O) groups is 2.